The van der Waals surface area contributed by atoms with Gasteiger partial charge in [-0.1, -0.05) is 13.8 Å². The number of ether oxygens (including phenoxy) is 1. The van der Waals surface area contributed by atoms with Crippen LogP contribution in [0.2, 0.25) is 0 Å². The summed E-state index contributed by atoms with van der Waals surface area (Å²) in [5.41, 5.74) is 0.134. The van der Waals surface area contributed by atoms with Gasteiger partial charge in [0.05, 0.1) is 13.7 Å². The lowest BCUT2D eigenvalue weighted by molar-refractivity contribution is -0.133. The third-order valence-electron chi connectivity index (χ3n) is 3.49. The second-order valence-corrected chi connectivity index (χ2v) is 5.83. The van der Waals surface area contributed by atoms with E-state index in [0.29, 0.717) is 24.9 Å². The molecule has 1 aliphatic rings. The van der Waals surface area contributed by atoms with Gasteiger partial charge in [0.15, 0.2) is 5.69 Å². The molecule has 0 radical (unpaired) electrons. The number of carbonyl (C=O) groups is 2. The second kappa shape index (κ2) is 6.74. The number of esters is 1. The number of carbonyl (C=O) groups excluding carboxylic acids is 2. The summed E-state index contributed by atoms with van der Waals surface area (Å²) < 4.78 is 9.86. The Balaban J connectivity index is 2.01. The third-order valence-corrected chi connectivity index (χ3v) is 3.49. The molecule has 116 valence electrons. The Morgan fingerprint density at radius 1 is 1.48 bits per heavy atom. The molecule has 0 spiro atoms. The summed E-state index contributed by atoms with van der Waals surface area (Å²) in [5.74, 6) is 0.677. The van der Waals surface area contributed by atoms with E-state index in [4.69, 9.17) is 4.42 Å². The fourth-order valence-corrected chi connectivity index (χ4v) is 2.01. The molecule has 0 unspecified atom stereocenters. The molecule has 21 heavy (non-hydrogen) atoms. The highest BCUT2D eigenvalue weighted by Crippen LogP contribution is 2.31. The average molecular weight is 294 g/mol. The van der Waals surface area contributed by atoms with E-state index in [1.165, 1.54) is 13.4 Å². The average Bonchev–Trinajstić information content (AvgIpc) is 3.21. The summed E-state index contributed by atoms with van der Waals surface area (Å²) >= 11 is 0. The normalized spacial score (nSPS) is 14.3. The maximum atomic E-state index is 12.3. The van der Waals surface area contributed by atoms with Gasteiger partial charge < -0.3 is 14.1 Å². The van der Waals surface area contributed by atoms with Gasteiger partial charge in [-0.05, 0) is 25.2 Å². The van der Waals surface area contributed by atoms with Gasteiger partial charge in [-0.15, -0.1) is 0 Å². The van der Waals surface area contributed by atoms with Crippen molar-refractivity contribution in [1.82, 2.24) is 9.88 Å². The van der Waals surface area contributed by atoms with E-state index in [1.54, 1.807) is 4.90 Å². The van der Waals surface area contributed by atoms with Crippen molar-refractivity contribution in [3.05, 3.63) is 17.8 Å². The van der Waals surface area contributed by atoms with Crippen LogP contribution in [0.3, 0.4) is 0 Å². The Morgan fingerprint density at radius 2 is 2.19 bits per heavy atom. The van der Waals surface area contributed by atoms with Crippen molar-refractivity contribution < 1.29 is 18.7 Å². The first-order valence-corrected chi connectivity index (χ1v) is 7.32. The number of aromatic nitrogens is 1. The highest BCUT2D eigenvalue weighted by atomic mass is 16.5. The molecule has 1 aromatic rings. The molecule has 6 heteroatoms. The van der Waals surface area contributed by atoms with Crippen molar-refractivity contribution >= 4 is 11.9 Å². The van der Waals surface area contributed by atoms with Crippen LogP contribution in [-0.4, -0.2) is 35.4 Å². The zero-order valence-electron chi connectivity index (χ0n) is 12.8. The van der Waals surface area contributed by atoms with Gasteiger partial charge in [0, 0.05) is 12.5 Å². The van der Waals surface area contributed by atoms with Crippen molar-refractivity contribution in [2.45, 2.75) is 39.7 Å². The molecular formula is C15H22N2O4. The van der Waals surface area contributed by atoms with E-state index < -0.39 is 5.97 Å². The van der Waals surface area contributed by atoms with Crippen molar-refractivity contribution in [3.8, 4) is 0 Å². The molecule has 1 aliphatic carbocycles. The lowest BCUT2D eigenvalue weighted by atomic mass is 10.1. The van der Waals surface area contributed by atoms with Crippen LogP contribution in [0.15, 0.2) is 10.7 Å². The number of hydrogen-bond acceptors (Lipinski definition) is 5. The number of amides is 1. The zero-order valence-corrected chi connectivity index (χ0v) is 12.8. The van der Waals surface area contributed by atoms with Crippen LogP contribution in [0.1, 0.15) is 49.5 Å². The highest BCUT2D eigenvalue weighted by molar-refractivity contribution is 5.86. The van der Waals surface area contributed by atoms with Crippen molar-refractivity contribution in [2.75, 3.05) is 13.7 Å². The molecule has 1 heterocycles. The Hall–Kier alpha value is -1.85. The van der Waals surface area contributed by atoms with Gasteiger partial charge in [-0.3, -0.25) is 4.79 Å². The SMILES string of the molecule is COC(=O)c1coc(CN(CCC(C)C)C(=O)C2CC2)n1. The van der Waals surface area contributed by atoms with Gasteiger partial charge in [-0.2, -0.15) is 0 Å². The number of nitrogens with zero attached hydrogens (tertiary/aromatic N) is 2. The molecule has 0 N–H and O–H groups in total. The topological polar surface area (TPSA) is 72.6 Å². The van der Waals surface area contributed by atoms with Crippen LogP contribution in [0.25, 0.3) is 0 Å². The predicted molar refractivity (Wildman–Crippen MR) is 75.4 cm³/mol. The quantitative estimate of drug-likeness (QED) is 0.721. The third kappa shape index (κ3) is 4.31. The van der Waals surface area contributed by atoms with E-state index in [9.17, 15) is 9.59 Å². The molecular weight excluding hydrogens is 272 g/mol. The van der Waals surface area contributed by atoms with Crippen LogP contribution in [-0.2, 0) is 16.1 Å². The van der Waals surface area contributed by atoms with E-state index in [1.807, 2.05) is 0 Å². The molecule has 1 amide bonds. The zero-order chi connectivity index (χ0) is 15.4. The molecule has 0 bridgehead atoms. The minimum atomic E-state index is -0.535. The van der Waals surface area contributed by atoms with Gasteiger partial charge in [0.1, 0.15) is 6.26 Å². The van der Waals surface area contributed by atoms with Gasteiger partial charge in [0.25, 0.3) is 0 Å². The molecule has 0 atom stereocenters. The summed E-state index contributed by atoms with van der Waals surface area (Å²) in [6, 6.07) is 0. The van der Waals surface area contributed by atoms with Gasteiger partial charge in [-0.25, -0.2) is 9.78 Å². The van der Waals surface area contributed by atoms with Crippen LogP contribution >= 0.6 is 0 Å². The molecule has 0 aliphatic heterocycles. The first-order chi connectivity index (χ1) is 10.0. The maximum Gasteiger partial charge on any atom is 0.360 e. The standard InChI is InChI=1S/C15H22N2O4/c1-10(2)6-7-17(14(18)11-4-5-11)8-13-16-12(9-21-13)15(19)20-3/h9-11H,4-8H2,1-3H3. The molecule has 1 aromatic heterocycles. The summed E-state index contributed by atoms with van der Waals surface area (Å²) in [4.78, 5) is 29.5. The lowest BCUT2D eigenvalue weighted by Crippen LogP contribution is -2.33. The number of oxazole rings is 1. The van der Waals surface area contributed by atoms with E-state index in [-0.39, 0.29) is 17.5 Å². The fourth-order valence-electron chi connectivity index (χ4n) is 2.01. The lowest BCUT2D eigenvalue weighted by Gasteiger charge is -2.22. The van der Waals surface area contributed by atoms with Gasteiger partial charge in [0.2, 0.25) is 11.8 Å². The number of rotatable bonds is 7. The minimum absolute atomic E-state index is 0.134. The number of hydrogen-bond donors (Lipinski definition) is 0. The van der Waals surface area contributed by atoms with Crippen LogP contribution in [0.5, 0.6) is 0 Å². The van der Waals surface area contributed by atoms with Crippen LogP contribution in [0, 0.1) is 11.8 Å². The first kappa shape index (κ1) is 15.5. The van der Waals surface area contributed by atoms with Crippen molar-refractivity contribution in [3.63, 3.8) is 0 Å². The first-order valence-electron chi connectivity index (χ1n) is 7.32. The van der Waals surface area contributed by atoms with E-state index in [2.05, 4.69) is 23.6 Å². The number of methoxy groups -OCH3 is 1. The van der Waals surface area contributed by atoms with Crippen molar-refractivity contribution in [1.29, 1.82) is 0 Å². The fraction of sp³-hybridized carbons (Fsp3) is 0.667. The van der Waals surface area contributed by atoms with Crippen LogP contribution < -0.4 is 0 Å². The summed E-state index contributed by atoms with van der Waals surface area (Å²) in [5, 5.41) is 0. The largest absolute Gasteiger partial charge is 0.464 e. The predicted octanol–water partition coefficient (Wildman–Crippen LogP) is 2.25. The molecule has 0 saturated heterocycles. The molecule has 2 rings (SSSR count). The molecule has 1 fully saturated rings. The summed E-state index contributed by atoms with van der Waals surface area (Å²) in [6.07, 6.45) is 4.14. The monoisotopic (exact) mass is 294 g/mol. The van der Waals surface area contributed by atoms with E-state index in [0.717, 1.165) is 19.3 Å². The molecule has 1 saturated carbocycles. The van der Waals surface area contributed by atoms with Crippen LogP contribution in [0.4, 0.5) is 0 Å². The second-order valence-electron chi connectivity index (χ2n) is 5.83. The highest BCUT2D eigenvalue weighted by Gasteiger charge is 2.34. The Bertz CT molecular complexity index is 506. The minimum Gasteiger partial charge on any atom is -0.464 e. The smallest absolute Gasteiger partial charge is 0.360 e. The molecule has 0 aromatic carbocycles. The van der Waals surface area contributed by atoms with E-state index >= 15 is 0 Å². The molecule has 6 nitrogen and oxygen atoms in total. The summed E-state index contributed by atoms with van der Waals surface area (Å²) in [7, 11) is 1.29. The maximum absolute atomic E-state index is 12.3. The van der Waals surface area contributed by atoms with Gasteiger partial charge >= 0.3 is 5.97 Å². The van der Waals surface area contributed by atoms with Crippen molar-refractivity contribution in [2.24, 2.45) is 11.8 Å². The Kier molecular flexibility index (Phi) is 4.98. The Labute approximate surface area is 124 Å². The Morgan fingerprint density at radius 3 is 2.76 bits per heavy atom. The summed E-state index contributed by atoms with van der Waals surface area (Å²) in [6.45, 7) is 5.24.